The second-order valence-electron chi connectivity index (χ2n) is 6.82. The van der Waals surface area contributed by atoms with Crippen molar-refractivity contribution in [1.29, 1.82) is 0 Å². The molecule has 4 rings (SSSR count). The molecule has 0 amide bonds. The van der Waals surface area contributed by atoms with E-state index in [1.807, 2.05) is 18.2 Å². The molecule has 0 bridgehead atoms. The summed E-state index contributed by atoms with van der Waals surface area (Å²) in [5.41, 5.74) is 8.30. The van der Waals surface area contributed by atoms with Gasteiger partial charge in [0.25, 0.3) is 0 Å². The first-order valence-electron chi connectivity index (χ1n) is 9.42. The first kappa shape index (κ1) is 16.6. The van der Waals surface area contributed by atoms with Crippen LogP contribution in [0.5, 0.6) is 0 Å². The van der Waals surface area contributed by atoms with Gasteiger partial charge >= 0.3 is 0 Å². The molecule has 132 valence electrons. The van der Waals surface area contributed by atoms with Gasteiger partial charge in [-0.25, -0.2) is 4.98 Å². The number of nitrogens with one attached hydrogen (secondary N) is 1. The number of hydrogen-bond acceptors (Lipinski definition) is 2. The summed E-state index contributed by atoms with van der Waals surface area (Å²) in [6, 6.07) is 15.0. The van der Waals surface area contributed by atoms with E-state index in [0.29, 0.717) is 0 Å². The number of aromatic amines is 1. The van der Waals surface area contributed by atoms with Crippen molar-refractivity contribution >= 4 is 28.4 Å². The van der Waals surface area contributed by atoms with Gasteiger partial charge in [0.05, 0.1) is 11.0 Å². The van der Waals surface area contributed by atoms with Gasteiger partial charge in [-0.3, -0.25) is 0 Å². The minimum absolute atomic E-state index is 0.914. The SMILES string of the molecule is C=C1CCc2cc(N(CC)CC)ccc2C=C1c1nc2ccccc2[nH]1. The van der Waals surface area contributed by atoms with E-state index in [-0.39, 0.29) is 0 Å². The van der Waals surface area contributed by atoms with Crippen molar-refractivity contribution in [3.05, 3.63) is 71.6 Å². The molecule has 0 atom stereocenters. The lowest BCUT2D eigenvalue weighted by Crippen LogP contribution is -2.21. The molecule has 0 radical (unpaired) electrons. The molecule has 1 aliphatic carbocycles. The van der Waals surface area contributed by atoms with Gasteiger partial charge in [-0.1, -0.05) is 24.8 Å². The van der Waals surface area contributed by atoms with E-state index in [2.05, 4.69) is 60.7 Å². The largest absolute Gasteiger partial charge is 0.372 e. The predicted octanol–water partition coefficient (Wildman–Crippen LogP) is 5.45. The van der Waals surface area contributed by atoms with Gasteiger partial charge in [-0.2, -0.15) is 0 Å². The fourth-order valence-electron chi connectivity index (χ4n) is 3.73. The number of para-hydroxylation sites is 2. The lowest BCUT2D eigenvalue weighted by atomic mass is 10.0. The molecule has 3 nitrogen and oxygen atoms in total. The Balaban J connectivity index is 1.77. The number of hydrogen-bond donors (Lipinski definition) is 1. The topological polar surface area (TPSA) is 31.9 Å². The summed E-state index contributed by atoms with van der Waals surface area (Å²) in [6.45, 7) is 10.8. The smallest absolute Gasteiger partial charge is 0.138 e. The van der Waals surface area contributed by atoms with Crippen molar-refractivity contribution in [2.45, 2.75) is 26.7 Å². The zero-order valence-electron chi connectivity index (χ0n) is 15.5. The van der Waals surface area contributed by atoms with Gasteiger partial charge in [0.2, 0.25) is 0 Å². The monoisotopic (exact) mass is 343 g/mol. The molecule has 0 saturated carbocycles. The van der Waals surface area contributed by atoms with Gasteiger partial charge in [-0.15, -0.1) is 0 Å². The Hall–Kier alpha value is -2.81. The highest BCUT2D eigenvalue weighted by Gasteiger charge is 2.17. The summed E-state index contributed by atoms with van der Waals surface area (Å²) in [4.78, 5) is 10.6. The average Bonchev–Trinajstić information content (AvgIpc) is 3.02. The van der Waals surface area contributed by atoms with Crippen LogP contribution in [0, 0.1) is 0 Å². The molecule has 2 aromatic carbocycles. The van der Waals surface area contributed by atoms with Crippen LogP contribution in [0.2, 0.25) is 0 Å². The maximum atomic E-state index is 4.78. The number of aryl methyl sites for hydroxylation is 1. The average molecular weight is 343 g/mol. The number of fused-ring (bicyclic) bond motifs is 2. The molecular formula is C23H25N3. The zero-order chi connectivity index (χ0) is 18.1. The standard InChI is InChI=1S/C23H25N3/c1-4-26(5-2)19-13-12-18-15-20(16(3)10-11-17(18)14-19)23-24-21-8-6-7-9-22(21)25-23/h6-9,12-15H,3-5,10-11H2,1-2H3,(H,24,25). The molecule has 0 spiro atoms. The van der Waals surface area contributed by atoms with Crippen molar-refractivity contribution < 1.29 is 0 Å². The van der Waals surface area contributed by atoms with E-state index in [1.54, 1.807) is 0 Å². The second kappa shape index (κ2) is 6.83. The van der Waals surface area contributed by atoms with Crippen LogP contribution in [0.4, 0.5) is 5.69 Å². The van der Waals surface area contributed by atoms with Crippen molar-refractivity contribution in [2.24, 2.45) is 0 Å². The molecular weight excluding hydrogens is 318 g/mol. The summed E-state index contributed by atoms with van der Waals surface area (Å²) in [5.74, 6) is 0.914. The van der Waals surface area contributed by atoms with Gasteiger partial charge in [-0.05, 0) is 73.7 Å². The Kier molecular flexibility index (Phi) is 4.37. The quantitative estimate of drug-likeness (QED) is 0.683. The molecule has 0 fully saturated rings. The highest BCUT2D eigenvalue weighted by atomic mass is 15.1. The van der Waals surface area contributed by atoms with Gasteiger partial charge in [0.1, 0.15) is 5.82 Å². The van der Waals surface area contributed by atoms with Crippen LogP contribution in [-0.4, -0.2) is 23.1 Å². The summed E-state index contributed by atoms with van der Waals surface area (Å²) >= 11 is 0. The van der Waals surface area contributed by atoms with Crippen LogP contribution in [0.1, 0.15) is 37.2 Å². The minimum Gasteiger partial charge on any atom is -0.372 e. The van der Waals surface area contributed by atoms with E-state index < -0.39 is 0 Å². The van der Waals surface area contributed by atoms with Crippen LogP contribution in [0.15, 0.2) is 54.6 Å². The first-order valence-corrected chi connectivity index (χ1v) is 9.42. The van der Waals surface area contributed by atoms with Gasteiger partial charge in [0, 0.05) is 24.4 Å². The number of anilines is 1. The summed E-state index contributed by atoms with van der Waals surface area (Å²) in [5, 5.41) is 0. The van der Waals surface area contributed by atoms with Crippen LogP contribution in [0.25, 0.3) is 22.7 Å². The molecule has 3 aromatic rings. The highest BCUT2D eigenvalue weighted by Crippen LogP contribution is 2.33. The molecule has 1 N–H and O–H groups in total. The van der Waals surface area contributed by atoms with E-state index >= 15 is 0 Å². The molecule has 0 saturated heterocycles. The Morgan fingerprint density at radius 3 is 2.65 bits per heavy atom. The number of H-pyrrole nitrogens is 1. The molecule has 3 heteroatoms. The van der Waals surface area contributed by atoms with Crippen molar-refractivity contribution in [2.75, 3.05) is 18.0 Å². The predicted molar refractivity (Wildman–Crippen MR) is 111 cm³/mol. The van der Waals surface area contributed by atoms with Crippen molar-refractivity contribution in [3.63, 3.8) is 0 Å². The third-order valence-corrected chi connectivity index (χ3v) is 5.28. The van der Waals surface area contributed by atoms with Crippen LogP contribution in [-0.2, 0) is 6.42 Å². The maximum Gasteiger partial charge on any atom is 0.138 e. The number of allylic oxidation sites excluding steroid dienone is 2. The number of benzene rings is 2. The van der Waals surface area contributed by atoms with Gasteiger partial charge in [0.15, 0.2) is 0 Å². The van der Waals surface area contributed by atoms with Crippen molar-refractivity contribution in [3.8, 4) is 0 Å². The second-order valence-corrected chi connectivity index (χ2v) is 6.82. The highest BCUT2D eigenvalue weighted by molar-refractivity contribution is 5.92. The van der Waals surface area contributed by atoms with E-state index in [9.17, 15) is 0 Å². The molecule has 1 aromatic heterocycles. The zero-order valence-corrected chi connectivity index (χ0v) is 15.5. The number of rotatable bonds is 4. The van der Waals surface area contributed by atoms with E-state index in [0.717, 1.165) is 53.9 Å². The molecule has 0 unspecified atom stereocenters. The summed E-state index contributed by atoms with van der Waals surface area (Å²) < 4.78 is 0. The number of aromatic nitrogens is 2. The Morgan fingerprint density at radius 2 is 1.88 bits per heavy atom. The molecule has 1 aliphatic rings. The summed E-state index contributed by atoms with van der Waals surface area (Å²) in [7, 11) is 0. The minimum atomic E-state index is 0.914. The first-order chi connectivity index (χ1) is 12.7. The van der Waals surface area contributed by atoms with Crippen LogP contribution < -0.4 is 4.90 Å². The van der Waals surface area contributed by atoms with Gasteiger partial charge < -0.3 is 9.88 Å². The molecule has 0 aliphatic heterocycles. The molecule has 26 heavy (non-hydrogen) atoms. The Labute approximate surface area is 155 Å². The normalized spacial score (nSPS) is 14.1. The fourth-order valence-corrected chi connectivity index (χ4v) is 3.73. The van der Waals surface area contributed by atoms with E-state index in [4.69, 9.17) is 4.98 Å². The third-order valence-electron chi connectivity index (χ3n) is 5.28. The lowest BCUT2D eigenvalue weighted by molar-refractivity contribution is 0.862. The van der Waals surface area contributed by atoms with E-state index in [1.165, 1.54) is 16.8 Å². The maximum absolute atomic E-state index is 4.78. The van der Waals surface area contributed by atoms with Crippen LogP contribution in [0.3, 0.4) is 0 Å². The third kappa shape index (κ3) is 2.94. The Morgan fingerprint density at radius 1 is 1.08 bits per heavy atom. The Bertz CT molecular complexity index is 957. The fraction of sp³-hybridized carbons (Fsp3) is 0.261. The number of nitrogens with zero attached hydrogens (tertiary/aromatic N) is 2. The lowest BCUT2D eigenvalue weighted by Gasteiger charge is -2.22. The molecule has 1 heterocycles. The number of imidazole rings is 1. The van der Waals surface area contributed by atoms with Crippen molar-refractivity contribution in [1.82, 2.24) is 9.97 Å². The summed E-state index contributed by atoms with van der Waals surface area (Å²) in [6.07, 6.45) is 4.22. The van der Waals surface area contributed by atoms with Crippen LogP contribution >= 0.6 is 0 Å².